The van der Waals surface area contributed by atoms with Crippen molar-refractivity contribution in [1.82, 2.24) is 34.3 Å². The van der Waals surface area contributed by atoms with Crippen molar-refractivity contribution in [2.75, 3.05) is 12.9 Å². The van der Waals surface area contributed by atoms with E-state index in [4.69, 9.17) is 0 Å². The van der Waals surface area contributed by atoms with Crippen LogP contribution in [0.1, 0.15) is 12.6 Å². The SMILES string of the molecule is CCS(=O)(=O)c1ccc(-n2nccn2)nc1-c1nc2cc(C(F)(F)F)n(OC)c(=O)c2n1C. The van der Waals surface area contributed by atoms with Gasteiger partial charge in [0, 0.05) is 7.05 Å². The first-order valence-electron chi connectivity index (χ1n) is 9.34. The summed E-state index contributed by atoms with van der Waals surface area (Å²) in [6.45, 7) is 1.43. The summed E-state index contributed by atoms with van der Waals surface area (Å²) in [5, 5.41) is 7.89. The lowest BCUT2D eigenvalue weighted by atomic mass is 10.3. The van der Waals surface area contributed by atoms with E-state index in [0.29, 0.717) is 6.07 Å². The number of alkyl halides is 3. The van der Waals surface area contributed by atoms with Gasteiger partial charge < -0.3 is 9.40 Å². The van der Waals surface area contributed by atoms with Gasteiger partial charge in [-0.1, -0.05) is 6.92 Å². The van der Waals surface area contributed by atoms with E-state index in [1.165, 1.54) is 43.1 Å². The summed E-state index contributed by atoms with van der Waals surface area (Å²) < 4.78 is 67.1. The van der Waals surface area contributed by atoms with Crippen LogP contribution in [0.25, 0.3) is 28.4 Å². The zero-order valence-electron chi connectivity index (χ0n) is 17.4. The Bertz CT molecular complexity index is 1520. The molecule has 0 unspecified atom stereocenters. The summed E-state index contributed by atoms with van der Waals surface area (Å²) in [5.41, 5.74) is -3.18. The van der Waals surface area contributed by atoms with E-state index < -0.39 is 27.3 Å². The number of pyridine rings is 2. The van der Waals surface area contributed by atoms with E-state index in [-0.39, 0.29) is 43.7 Å². The van der Waals surface area contributed by atoms with E-state index in [2.05, 4.69) is 25.0 Å². The molecule has 4 aromatic rings. The Kier molecular flexibility index (Phi) is 5.23. The Balaban J connectivity index is 2.08. The minimum Gasteiger partial charge on any atom is -0.413 e. The Labute approximate surface area is 183 Å². The van der Waals surface area contributed by atoms with Crippen LogP contribution in [0.5, 0.6) is 0 Å². The Morgan fingerprint density at radius 2 is 1.79 bits per heavy atom. The number of fused-ring (bicyclic) bond motifs is 1. The second-order valence-corrected chi connectivity index (χ2v) is 9.02. The smallest absolute Gasteiger partial charge is 0.413 e. The van der Waals surface area contributed by atoms with Gasteiger partial charge in [-0.05, 0) is 18.2 Å². The van der Waals surface area contributed by atoms with Crippen LogP contribution in [0.3, 0.4) is 0 Å². The molecule has 0 saturated heterocycles. The zero-order valence-corrected chi connectivity index (χ0v) is 18.2. The number of aromatic nitrogens is 7. The third kappa shape index (κ3) is 3.63. The predicted octanol–water partition coefficient (Wildman–Crippen LogP) is 1.25. The van der Waals surface area contributed by atoms with Gasteiger partial charge in [0.2, 0.25) is 0 Å². The molecule has 4 aromatic heterocycles. The molecule has 0 bridgehead atoms. The standard InChI is InChI=1S/C18H16F3N7O4S/c1-4-33(30,31)11-5-6-13(28-22-7-8-23-28)25-14(11)16-24-10-9-12(18(19,20)21)27(32-3)17(29)15(10)26(16)2/h5-9H,4H2,1-3H3. The molecule has 0 atom stereocenters. The molecule has 4 rings (SSSR count). The maximum atomic E-state index is 13.5. The summed E-state index contributed by atoms with van der Waals surface area (Å²) in [7, 11) is -1.54. The lowest BCUT2D eigenvalue weighted by molar-refractivity contribution is -0.151. The average molecular weight is 483 g/mol. The number of nitrogens with zero attached hydrogens (tertiary/aromatic N) is 7. The molecule has 15 heteroatoms. The average Bonchev–Trinajstić information content (AvgIpc) is 3.41. The predicted molar refractivity (Wildman–Crippen MR) is 108 cm³/mol. The van der Waals surface area contributed by atoms with Crippen LogP contribution in [0.15, 0.2) is 40.3 Å². The molecule has 0 spiro atoms. The van der Waals surface area contributed by atoms with Crippen molar-refractivity contribution in [3.05, 3.63) is 46.6 Å². The summed E-state index contributed by atoms with van der Waals surface area (Å²) in [5.74, 6) is -0.257. The van der Waals surface area contributed by atoms with Gasteiger partial charge in [-0.3, -0.25) is 4.79 Å². The normalized spacial score (nSPS) is 12.4. The molecule has 4 heterocycles. The van der Waals surface area contributed by atoms with Gasteiger partial charge in [0.1, 0.15) is 18.3 Å². The lowest BCUT2D eigenvalue weighted by Gasteiger charge is -2.13. The number of sulfone groups is 1. The molecule has 0 N–H and O–H groups in total. The molecular formula is C18H16F3N7O4S. The van der Waals surface area contributed by atoms with Crippen LogP contribution in [0.4, 0.5) is 13.2 Å². The molecule has 0 aliphatic rings. The molecule has 33 heavy (non-hydrogen) atoms. The second-order valence-electron chi connectivity index (χ2n) is 6.78. The van der Waals surface area contributed by atoms with E-state index in [0.717, 1.165) is 11.9 Å². The first-order chi connectivity index (χ1) is 15.5. The fourth-order valence-corrected chi connectivity index (χ4v) is 4.32. The molecule has 11 nitrogen and oxygen atoms in total. The highest BCUT2D eigenvalue weighted by Crippen LogP contribution is 2.32. The second kappa shape index (κ2) is 7.68. The number of hydrogen-bond donors (Lipinski definition) is 0. The summed E-state index contributed by atoms with van der Waals surface area (Å²) >= 11 is 0. The van der Waals surface area contributed by atoms with Crippen molar-refractivity contribution in [2.24, 2.45) is 7.05 Å². The van der Waals surface area contributed by atoms with Crippen LogP contribution in [0.2, 0.25) is 0 Å². The summed E-state index contributed by atoms with van der Waals surface area (Å²) in [4.78, 5) is 26.8. The van der Waals surface area contributed by atoms with Crippen molar-refractivity contribution < 1.29 is 26.4 Å². The third-order valence-electron chi connectivity index (χ3n) is 4.87. The minimum absolute atomic E-state index is 0.106. The number of hydrogen-bond acceptors (Lipinski definition) is 8. The van der Waals surface area contributed by atoms with Gasteiger partial charge in [-0.15, -0.1) is 9.53 Å². The highest BCUT2D eigenvalue weighted by Gasteiger charge is 2.37. The molecule has 0 fully saturated rings. The van der Waals surface area contributed by atoms with Crippen molar-refractivity contribution in [2.45, 2.75) is 18.0 Å². The van der Waals surface area contributed by atoms with Crippen molar-refractivity contribution in [1.29, 1.82) is 0 Å². The monoisotopic (exact) mass is 483 g/mol. The molecule has 174 valence electrons. The number of imidazole rings is 1. The molecule has 0 aliphatic heterocycles. The molecule has 0 amide bonds. The van der Waals surface area contributed by atoms with Crippen LogP contribution in [-0.2, 0) is 23.1 Å². The zero-order chi connectivity index (χ0) is 24.1. The van der Waals surface area contributed by atoms with Gasteiger partial charge in [-0.25, -0.2) is 18.4 Å². The van der Waals surface area contributed by atoms with Gasteiger partial charge in [0.25, 0.3) is 0 Å². The number of halogens is 3. The van der Waals surface area contributed by atoms with Crippen molar-refractivity contribution in [3.63, 3.8) is 0 Å². The maximum Gasteiger partial charge on any atom is 0.435 e. The van der Waals surface area contributed by atoms with Gasteiger partial charge >= 0.3 is 11.7 Å². The van der Waals surface area contributed by atoms with Crippen LogP contribution in [0, 0.1) is 0 Å². The topological polar surface area (TPSA) is 127 Å². The fourth-order valence-electron chi connectivity index (χ4n) is 3.31. The van der Waals surface area contributed by atoms with Gasteiger partial charge in [0.05, 0.1) is 28.6 Å². The number of aryl methyl sites for hydroxylation is 1. The van der Waals surface area contributed by atoms with Crippen LogP contribution < -0.4 is 10.4 Å². The van der Waals surface area contributed by atoms with Crippen molar-refractivity contribution >= 4 is 20.9 Å². The maximum absolute atomic E-state index is 13.5. The largest absolute Gasteiger partial charge is 0.435 e. The first kappa shape index (κ1) is 22.4. The lowest BCUT2D eigenvalue weighted by Crippen LogP contribution is -2.32. The highest BCUT2D eigenvalue weighted by molar-refractivity contribution is 7.91. The molecule has 0 radical (unpaired) electrons. The molecular weight excluding hydrogens is 467 g/mol. The van der Waals surface area contributed by atoms with Gasteiger partial charge in [-0.2, -0.15) is 23.4 Å². The van der Waals surface area contributed by atoms with Crippen molar-refractivity contribution in [3.8, 4) is 17.3 Å². The summed E-state index contributed by atoms with van der Waals surface area (Å²) in [6, 6.07) is 3.32. The van der Waals surface area contributed by atoms with E-state index in [1.807, 2.05) is 0 Å². The molecule has 0 aliphatic carbocycles. The van der Waals surface area contributed by atoms with E-state index in [1.54, 1.807) is 0 Å². The molecule has 0 saturated carbocycles. The van der Waals surface area contributed by atoms with E-state index >= 15 is 0 Å². The first-order valence-corrected chi connectivity index (χ1v) is 11.0. The minimum atomic E-state index is -4.90. The van der Waals surface area contributed by atoms with E-state index in [9.17, 15) is 26.4 Å². The third-order valence-corrected chi connectivity index (χ3v) is 6.63. The van der Waals surface area contributed by atoms with Crippen LogP contribution in [-0.4, -0.2) is 55.5 Å². The van der Waals surface area contributed by atoms with Gasteiger partial charge in [0.15, 0.2) is 27.2 Å². The number of rotatable bonds is 5. The Morgan fingerprint density at radius 1 is 1.12 bits per heavy atom. The quantitative estimate of drug-likeness (QED) is 0.415. The Morgan fingerprint density at radius 3 is 2.36 bits per heavy atom. The summed E-state index contributed by atoms with van der Waals surface area (Å²) in [6.07, 6.45) is -2.13. The Hall–Kier alpha value is -3.75. The fraction of sp³-hybridized carbons (Fsp3) is 0.278. The van der Waals surface area contributed by atoms with Crippen LogP contribution >= 0.6 is 0 Å². The highest BCUT2D eigenvalue weighted by atomic mass is 32.2. The molecule has 0 aromatic carbocycles.